The molecular weight excluding hydrogens is 476 g/mol. The fourth-order valence-electron chi connectivity index (χ4n) is 4.80. The highest BCUT2D eigenvalue weighted by molar-refractivity contribution is 5.61. The van der Waals surface area contributed by atoms with Crippen molar-refractivity contribution >= 4 is 5.82 Å². The average molecular weight is 519 g/mol. The van der Waals surface area contributed by atoms with Gasteiger partial charge in [0.2, 0.25) is 0 Å². The number of β-amino-alcohol motifs (C(OH)–C–C–N with tert-alkyl or cyclic N) is 1. The summed E-state index contributed by atoms with van der Waals surface area (Å²) >= 11 is 0. The second kappa shape index (κ2) is 14.4. The zero-order valence-electron chi connectivity index (χ0n) is 23.1. The molecule has 2 heterocycles. The van der Waals surface area contributed by atoms with Crippen LogP contribution < -0.4 is 4.90 Å². The molecule has 4 rings (SSSR count). The van der Waals surface area contributed by atoms with Crippen LogP contribution in [0.5, 0.6) is 0 Å². The van der Waals surface area contributed by atoms with Gasteiger partial charge < -0.3 is 19.5 Å². The molecule has 2 aromatic carbocycles. The quantitative estimate of drug-likeness (QED) is 0.334. The van der Waals surface area contributed by atoms with E-state index in [1.165, 1.54) is 11.1 Å². The van der Waals surface area contributed by atoms with Gasteiger partial charge in [0.15, 0.2) is 5.82 Å². The fraction of sp³-hybridized carbons (Fsp3) is 0.484. The van der Waals surface area contributed by atoms with Crippen molar-refractivity contribution in [3.8, 4) is 11.4 Å². The van der Waals surface area contributed by atoms with Gasteiger partial charge in [-0.2, -0.15) is 0 Å². The zero-order chi connectivity index (χ0) is 26.7. The molecule has 3 aromatic rings. The van der Waals surface area contributed by atoms with Crippen LogP contribution in [0.15, 0.2) is 54.6 Å². The smallest absolute Gasteiger partial charge is 0.161 e. The number of benzene rings is 2. The molecule has 0 spiro atoms. The Balaban J connectivity index is 1.56. The molecule has 204 valence electrons. The van der Waals surface area contributed by atoms with Crippen molar-refractivity contribution in [3.05, 3.63) is 77.0 Å². The van der Waals surface area contributed by atoms with Crippen LogP contribution in [0.3, 0.4) is 0 Å². The maximum atomic E-state index is 10.5. The van der Waals surface area contributed by atoms with Crippen molar-refractivity contribution in [3.63, 3.8) is 0 Å². The van der Waals surface area contributed by atoms with Gasteiger partial charge in [0, 0.05) is 64.0 Å². The second-order valence-corrected chi connectivity index (χ2v) is 10.1. The first kappa shape index (κ1) is 28.2. The lowest BCUT2D eigenvalue weighted by Gasteiger charge is -2.37. The van der Waals surface area contributed by atoms with Crippen molar-refractivity contribution in [2.45, 2.75) is 45.8 Å². The third-order valence-corrected chi connectivity index (χ3v) is 6.98. The predicted molar refractivity (Wildman–Crippen MR) is 153 cm³/mol. The largest absolute Gasteiger partial charge is 0.389 e. The maximum absolute atomic E-state index is 10.5. The number of aromatic nitrogens is 2. The number of hydrogen-bond donors (Lipinski definition) is 1. The second-order valence-electron chi connectivity index (χ2n) is 10.1. The molecule has 0 aliphatic carbocycles. The van der Waals surface area contributed by atoms with E-state index in [0.29, 0.717) is 26.4 Å². The molecule has 1 aliphatic rings. The van der Waals surface area contributed by atoms with E-state index in [1.54, 1.807) is 7.11 Å². The summed E-state index contributed by atoms with van der Waals surface area (Å²) in [5.74, 6) is 1.71. The number of hydrogen-bond acceptors (Lipinski definition) is 7. The molecule has 0 bridgehead atoms. The first-order chi connectivity index (χ1) is 18.6. The minimum atomic E-state index is -0.465. The van der Waals surface area contributed by atoms with E-state index >= 15 is 0 Å². The number of anilines is 1. The van der Waals surface area contributed by atoms with Crippen molar-refractivity contribution in [1.29, 1.82) is 0 Å². The van der Waals surface area contributed by atoms with Crippen LogP contribution in [0.4, 0.5) is 5.82 Å². The van der Waals surface area contributed by atoms with Gasteiger partial charge in [0.25, 0.3) is 0 Å². The van der Waals surface area contributed by atoms with Crippen LogP contribution in [0.1, 0.15) is 42.1 Å². The minimum Gasteiger partial charge on any atom is -0.389 e. The number of piperazine rings is 1. The number of ether oxygens (including phenoxy) is 2. The Morgan fingerprint density at radius 2 is 1.71 bits per heavy atom. The first-order valence-corrected chi connectivity index (χ1v) is 13.8. The molecule has 7 heteroatoms. The Labute approximate surface area is 227 Å². The van der Waals surface area contributed by atoms with Crippen LogP contribution in [0, 0.1) is 6.92 Å². The topological polar surface area (TPSA) is 71.0 Å². The van der Waals surface area contributed by atoms with E-state index in [4.69, 9.17) is 19.4 Å². The number of rotatable bonds is 13. The van der Waals surface area contributed by atoms with Gasteiger partial charge in [0.05, 0.1) is 25.0 Å². The Bertz CT molecular complexity index is 1120. The van der Waals surface area contributed by atoms with Crippen LogP contribution in [-0.4, -0.2) is 79.1 Å². The van der Waals surface area contributed by atoms with Gasteiger partial charge in [-0.25, -0.2) is 9.97 Å². The molecular formula is C31H42N4O3. The molecule has 1 aliphatic heterocycles. The van der Waals surface area contributed by atoms with Crippen LogP contribution >= 0.6 is 0 Å². The number of aryl methyl sites for hydroxylation is 1. The van der Waals surface area contributed by atoms with Crippen LogP contribution in [-0.2, 0) is 22.5 Å². The lowest BCUT2D eigenvalue weighted by Crippen LogP contribution is -2.49. The molecule has 0 saturated carbocycles. The summed E-state index contributed by atoms with van der Waals surface area (Å²) < 4.78 is 11.2. The Hall–Kier alpha value is -2.84. The molecule has 0 radical (unpaired) electrons. The third-order valence-electron chi connectivity index (χ3n) is 6.98. The van der Waals surface area contributed by atoms with E-state index in [-0.39, 0.29) is 0 Å². The zero-order valence-corrected chi connectivity index (χ0v) is 23.1. The molecule has 1 fully saturated rings. The van der Waals surface area contributed by atoms with E-state index in [9.17, 15) is 5.11 Å². The number of aliphatic hydroxyl groups is 1. The van der Waals surface area contributed by atoms with Crippen molar-refractivity contribution in [2.75, 3.05) is 57.9 Å². The number of methoxy groups -OCH3 is 1. The van der Waals surface area contributed by atoms with E-state index in [2.05, 4.69) is 60.0 Å². The third kappa shape index (κ3) is 7.84. The number of unbranched alkanes of at least 4 members (excludes halogenated alkanes) is 1. The Morgan fingerprint density at radius 3 is 2.39 bits per heavy atom. The number of aliphatic hydroxyl groups excluding tert-OH is 1. The molecule has 1 saturated heterocycles. The summed E-state index contributed by atoms with van der Waals surface area (Å²) in [6.45, 7) is 9.82. The van der Waals surface area contributed by atoms with Crippen molar-refractivity contribution in [1.82, 2.24) is 14.9 Å². The summed E-state index contributed by atoms with van der Waals surface area (Å²) in [6, 6.07) is 18.8. The predicted octanol–water partition coefficient (Wildman–Crippen LogP) is 4.49. The van der Waals surface area contributed by atoms with Crippen LogP contribution in [0.25, 0.3) is 11.4 Å². The summed E-state index contributed by atoms with van der Waals surface area (Å²) in [5.41, 5.74) is 5.52. The van der Waals surface area contributed by atoms with Gasteiger partial charge >= 0.3 is 0 Å². The van der Waals surface area contributed by atoms with Gasteiger partial charge in [-0.1, -0.05) is 73.5 Å². The molecule has 38 heavy (non-hydrogen) atoms. The van der Waals surface area contributed by atoms with Crippen molar-refractivity contribution in [2.24, 2.45) is 0 Å². The molecule has 7 nitrogen and oxygen atoms in total. The summed E-state index contributed by atoms with van der Waals surface area (Å²) in [6.07, 6.45) is 2.42. The lowest BCUT2D eigenvalue weighted by atomic mass is 10.0. The maximum Gasteiger partial charge on any atom is 0.161 e. The molecule has 1 N–H and O–H groups in total. The van der Waals surface area contributed by atoms with E-state index in [1.807, 2.05) is 18.2 Å². The molecule has 1 aromatic heterocycles. The monoisotopic (exact) mass is 518 g/mol. The highest BCUT2D eigenvalue weighted by Crippen LogP contribution is 2.29. The molecule has 0 amide bonds. The Morgan fingerprint density at radius 1 is 0.974 bits per heavy atom. The fourth-order valence-corrected chi connectivity index (χ4v) is 4.80. The summed E-state index contributed by atoms with van der Waals surface area (Å²) in [5, 5.41) is 10.5. The van der Waals surface area contributed by atoms with Gasteiger partial charge in [0.1, 0.15) is 5.82 Å². The lowest BCUT2D eigenvalue weighted by molar-refractivity contribution is 0.0150. The Kier molecular flexibility index (Phi) is 10.6. The van der Waals surface area contributed by atoms with E-state index < -0.39 is 6.10 Å². The highest BCUT2D eigenvalue weighted by atomic mass is 16.5. The first-order valence-electron chi connectivity index (χ1n) is 13.8. The summed E-state index contributed by atoms with van der Waals surface area (Å²) in [4.78, 5) is 14.8. The normalized spacial score (nSPS) is 15.1. The minimum absolute atomic E-state index is 0.396. The van der Waals surface area contributed by atoms with Gasteiger partial charge in [-0.3, -0.25) is 4.90 Å². The van der Waals surface area contributed by atoms with Crippen molar-refractivity contribution < 1.29 is 14.6 Å². The highest BCUT2D eigenvalue weighted by Gasteiger charge is 2.25. The molecule has 1 atom stereocenters. The standard InChI is InChI=1S/C31H42N4O3/c1-4-5-19-38-22-27(36)21-34-15-17-35(18-16-34)31-28(20-25-13-11-24(2)12-14-25)29(23-37-3)32-30(33-31)26-9-7-6-8-10-26/h6-14,27,36H,4-5,15-23H2,1-3H3/t27-/m1/s1. The van der Waals surface area contributed by atoms with Gasteiger partial charge in [-0.15, -0.1) is 0 Å². The van der Waals surface area contributed by atoms with Crippen LogP contribution in [0.2, 0.25) is 0 Å². The average Bonchev–Trinajstić information content (AvgIpc) is 2.94. The summed E-state index contributed by atoms with van der Waals surface area (Å²) in [7, 11) is 1.72. The SMILES string of the molecule is CCCCOC[C@H](O)CN1CCN(c2nc(-c3ccccc3)nc(COC)c2Cc2ccc(C)cc2)CC1. The van der Waals surface area contributed by atoms with E-state index in [0.717, 1.165) is 73.9 Å². The number of nitrogens with zero attached hydrogens (tertiary/aromatic N) is 4. The van der Waals surface area contributed by atoms with Gasteiger partial charge in [-0.05, 0) is 18.9 Å². The molecule has 0 unspecified atom stereocenters.